The van der Waals surface area contributed by atoms with Gasteiger partial charge in [-0.3, -0.25) is 34.2 Å². The molecule has 2 fully saturated rings. The molecule has 0 aromatic heterocycles. The van der Waals surface area contributed by atoms with Crippen LogP contribution in [0.4, 0.5) is 5.69 Å². The lowest BCUT2D eigenvalue weighted by Gasteiger charge is -2.31. The van der Waals surface area contributed by atoms with Crippen molar-refractivity contribution in [3.8, 4) is 0 Å². The van der Waals surface area contributed by atoms with Gasteiger partial charge >= 0.3 is 0 Å². The number of carbonyl (C=O) groups is 5. The van der Waals surface area contributed by atoms with E-state index in [0.717, 1.165) is 24.4 Å². The lowest BCUT2D eigenvalue weighted by atomic mass is 10.0. The van der Waals surface area contributed by atoms with Gasteiger partial charge in [0.15, 0.2) is 0 Å². The first kappa shape index (κ1) is 17.2. The van der Waals surface area contributed by atoms with Crippen molar-refractivity contribution < 1.29 is 24.0 Å². The van der Waals surface area contributed by atoms with Crippen LogP contribution >= 0.6 is 0 Å². The predicted octanol–water partition coefficient (Wildman–Crippen LogP) is -0.268. The molecule has 5 amide bonds. The molecular formula is C18H18N4O5. The summed E-state index contributed by atoms with van der Waals surface area (Å²) in [4.78, 5) is 63.7. The van der Waals surface area contributed by atoms with Gasteiger partial charge in [-0.1, -0.05) is 6.07 Å². The second-order valence-electron chi connectivity index (χ2n) is 6.76. The van der Waals surface area contributed by atoms with E-state index in [9.17, 15) is 24.0 Å². The van der Waals surface area contributed by atoms with Crippen LogP contribution in [-0.4, -0.2) is 65.0 Å². The number of amides is 5. The van der Waals surface area contributed by atoms with Crippen LogP contribution in [0.3, 0.4) is 0 Å². The molecular weight excluding hydrogens is 352 g/mol. The second-order valence-corrected chi connectivity index (χ2v) is 6.76. The maximum absolute atomic E-state index is 12.9. The largest absolute Gasteiger partial charge is 0.375 e. The van der Waals surface area contributed by atoms with Crippen LogP contribution in [0.25, 0.3) is 0 Å². The van der Waals surface area contributed by atoms with E-state index in [0.29, 0.717) is 5.69 Å². The van der Waals surface area contributed by atoms with Crippen molar-refractivity contribution in [3.63, 3.8) is 0 Å². The Hall–Kier alpha value is -3.23. The number of anilines is 1. The summed E-state index contributed by atoms with van der Waals surface area (Å²) in [5, 5.41) is 5.11. The first-order valence-electron chi connectivity index (χ1n) is 8.83. The third-order valence-electron chi connectivity index (χ3n) is 5.11. The van der Waals surface area contributed by atoms with Crippen LogP contribution < -0.4 is 10.6 Å². The Morgan fingerprint density at radius 2 is 1.93 bits per heavy atom. The number of nitrogens with zero attached hydrogens (tertiary/aromatic N) is 2. The van der Waals surface area contributed by atoms with Crippen LogP contribution in [0, 0.1) is 0 Å². The minimum absolute atomic E-state index is 0.0241. The third-order valence-corrected chi connectivity index (χ3v) is 5.11. The predicted molar refractivity (Wildman–Crippen MR) is 92.8 cm³/mol. The Morgan fingerprint density at radius 3 is 2.59 bits per heavy atom. The van der Waals surface area contributed by atoms with Crippen LogP contribution in [0.1, 0.15) is 40.0 Å². The van der Waals surface area contributed by atoms with Gasteiger partial charge in [0, 0.05) is 25.2 Å². The Kier molecular flexibility index (Phi) is 4.14. The van der Waals surface area contributed by atoms with Gasteiger partial charge in [0.05, 0.1) is 17.7 Å². The highest BCUT2D eigenvalue weighted by Crippen LogP contribution is 2.32. The second kappa shape index (κ2) is 6.49. The van der Waals surface area contributed by atoms with E-state index >= 15 is 0 Å². The first-order valence-corrected chi connectivity index (χ1v) is 8.83. The van der Waals surface area contributed by atoms with E-state index in [1.54, 1.807) is 17.0 Å². The van der Waals surface area contributed by atoms with Gasteiger partial charge in [-0.2, -0.15) is 0 Å². The van der Waals surface area contributed by atoms with Crippen LogP contribution in [0.5, 0.6) is 0 Å². The molecule has 3 heterocycles. The summed E-state index contributed by atoms with van der Waals surface area (Å²) in [5.74, 6) is -2.30. The number of piperidine rings is 1. The molecule has 0 aliphatic carbocycles. The van der Waals surface area contributed by atoms with Gasteiger partial charge in [-0.25, -0.2) is 0 Å². The molecule has 1 atom stereocenters. The smallest absolute Gasteiger partial charge is 0.264 e. The quantitative estimate of drug-likeness (QED) is 0.705. The Morgan fingerprint density at radius 1 is 1.15 bits per heavy atom. The number of nitrogens with one attached hydrogen (secondary N) is 2. The zero-order valence-corrected chi connectivity index (χ0v) is 14.5. The van der Waals surface area contributed by atoms with E-state index in [-0.39, 0.29) is 36.4 Å². The Bertz CT molecular complexity index is 877. The van der Waals surface area contributed by atoms with Gasteiger partial charge in [0.25, 0.3) is 11.8 Å². The molecule has 3 aliphatic heterocycles. The molecule has 27 heavy (non-hydrogen) atoms. The highest BCUT2D eigenvalue weighted by Gasteiger charge is 2.45. The summed E-state index contributed by atoms with van der Waals surface area (Å²) in [6, 6.07) is 3.75. The van der Waals surface area contributed by atoms with Crippen molar-refractivity contribution >= 4 is 35.2 Å². The third kappa shape index (κ3) is 2.84. The summed E-state index contributed by atoms with van der Waals surface area (Å²) in [7, 11) is 0. The fraction of sp³-hybridized carbons (Fsp3) is 0.389. The minimum Gasteiger partial charge on any atom is -0.375 e. The summed E-state index contributed by atoms with van der Waals surface area (Å²) >= 11 is 0. The molecule has 1 aromatic carbocycles. The maximum Gasteiger partial charge on any atom is 0.264 e. The van der Waals surface area contributed by atoms with E-state index in [2.05, 4.69) is 10.6 Å². The highest BCUT2D eigenvalue weighted by atomic mass is 16.2. The molecule has 0 saturated carbocycles. The average Bonchev–Trinajstić information content (AvgIpc) is 2.84. The minimum atomic E-state index is -1.01. The van der Waals surface area contributed by atoms with Crippen molar-refractivity contribution in [1.82, 2.24) is 15.1 Å². The molecule has 2 saturated heterocycles. The van der Waals surface area contributed by atoms with Crippen molar-refractivity contribution in [2.45, 2.75) is 25.3 Å². The molecule has 2 N–H and O–H groups in total. The molecule has 9 nitrogen and oxygen atoms in total. The number of benzene rings is 1. The van der Waals surface area contributed by atoms with E-state index in [1.807, 2.05) is 0 Å². The van der Waals surface area contributed by atoms with Gasteiger partial charge < -0.3 is 10.2 Å². The molecule has 9 heteroatoms. The topological polar surface area (TPSA) is 116 Å². The standard InChI is InChI=1S/C18H18N4O5/c23-13-6-5-12(16(25)20-13)22-17(26)10-3-1-4-11(15(10)18(22)27)19-9-14(24)21-7-2-8-21/h1,3-4,12,19H,2,5-9H2,(H,20,23,25). The van der Waals surface area contributed by atoms with Crippen molar-refractivity contribution in [2.75, 3.05) is 25.0 Å². The molecule has 1 aromatic rings. The molecule has 1 unspecified atom stereocenters. The summed E-state index contributed by atoms with van der Waals surface area (Å²) in [6.45, 7) is 1.48. The number of likely N-dealkylation sites (tertiary alicyclic amines) is 1. The number of hydrogen-bond acceptors (Lipinski definition) is 6. The molecule has 4 rings (SSSR count). The monoisotopic (exact) mass is 370 g/mol. The highest BCUT2D eigenvalue weighted by molar-refractivity contribution is 6.25. The number of fused-ring (bicyclic) bond motifs is 1. The summed E-state index contributed by atoms with van der Waals surface area (Å²) in [6.07, 6.45) is 1.16. The Labute approximate surface area is 154 Å². The van der Waals surface area contributed by atoms with Gasteiger partial charge in [-0.15, -0.1) is 0 Å². The SMILES string of the molecule is O=C1CCC(N2C(=O)c3cccc(NCC(=O)N4CCC4)c3C2=O)C(=O)N1. The number of imide groups is 2. The fourth-order valence-corrected chi connectivity index (χ4v) is 3.51. The normalized spacial score (nSPS) is 21.7. The molecule has 140 valence electrons. The molecule has 0 bridgehead atoms. The van der Waals surface area contributed by atoms with Crippen molar-refractivity contribution in [3.05, 3.63) is 29.3 Å². The van der Waals surface area contributed by atoms with Crippen LogP contribution in [0.2, 0.25) is 0 Å². The molecule has 3 aliphatic rings. The van der Waals surface area contributed by atoms with E-state index in [4.69, 9.17) is 0 Å². The average molecular weight is 370 g/mol. The number of carbonyl (C=O) groups excluding carboxylic acids is 5. The van der Waals surface area contributed by atoms with Crippen molar-refractivity contribution in [1.29, 1.82) is 0 Å². The number of rotatable bonds is 4. The zero-order valence-electron chi connectivity index (χ0n) is 14.5. The zero-order chi connectivity index (χ0) is 19.1. The number of hydrogen-bond donors (Lipinski definition) is 2. The summed E-state index contributed by atoms with van der Waals surface area (Å²) < 4.78 is 0. The van der Waals surface area contributed by atoms with Gasteiger partial charge in [0.2, 0.25) is 17.7 Å². The summed E-state index contributed by atoms with van der Waals surface area (Å²) in [5.41, 5.74) is 0.726. The first-order chi connectivity index (χ1) is 13.0. The van der Waals surface area contributed by atoms with Gasteiger partial charge in [-0.05, 0) is 25.0 Å². The lowest BCUT2D eigenvalue weighted by Crippen LogP contribution is -2.54. The van der Waals surface area contributed by atoms with E-state index < -0.39 is 29.7 Å². The lowest BCUT2D eigenvalue weighted by molar-refractivity contribution is -0.136. The maximum atomic E-state index is 12.9. The Balaban J connectivity index is 1.56. The fourth-order valence-electron chi connectivity index (χ4n) is 3.51. The van der Waals surface area contributed by atoms with Crippen LogP contribution in [0.15, 0.2) is 18.2 Å². The van der Waals surface area contributed by atoms with Crippen molar-refractivity contribution in [2.24, 2.45) is 0 Å². The van der Waals surface area contributed by atoms with E-state index in [1.165, 1.54) is 6.07 Å². The molecule has 0 radical (unpaired) electrons. The van der Waals surface area contributed by atoms with Gasteiger partial charge in [0.1, 0.15) is 6.04 Å². The molecule has 0 spiro atoms. The van der Waals surface area contributed by atoms with Crippen LogP contribution in [-0.2, 0) is 14.4 Å².